The van der Waals surface area contributed by atoms with Gasteiger partial charge < -0.3 is 10.2 Å². The van der Waals surface area contributed by atoms with Gasteiger partial charge in [0, 0.05) is 25.3 Å². The number of hydrogen-bond acceptors (Lipinski definition) is 2. The first-order valence-corrected chi connectivity index (χ1v) is 6.05. The molecule has 0 aromatic heterocycles. The van der Waals surface area contributed by atoms with Crippen LogP contribution in [0.2, 0.25) is 0 Å². The molecule has 0 radical (unpaired) electrons. The van der Waals surface area contributed by atoms with E-state index in [1.807, 2.05) is 6.07 Å². The van der Waals surface area contributed by atoms with Crippen LogP contribution in [0.5, 0.6) is 0 Å². The maximum absolute atomic E-state index is 13.1. The fraction of sp³-hybridized carbons (Fsp3) is 0.429. The smallest absolute Gasteiger partial charge is 0.125 e. The summed E-state index contributed by atoms with van der Waals surface area (Å²) in [7, 11) is 0. The van der Waals surface area contributed by atoms with Gasteiger partial charge in [-0.3, -0.25) is 0 Å². The van der Waals surface area contributed by atoms with Crippen LogP contribution in [0.1, 0.15) is 13.8 Å². The third kappa shape index (κ3) is 4.57. The summed E-state index contributed by atoms with van der Waals surface area (Å²) >= 11 is 0. The minimum atomic E-state index is -0.196. The minimum Gasteiger partial charge on any atom is -0.368 e. The Morgan fingerprint density at radius 3 is 2.76 bits per heavy atom. The number of rotatable bonds is 7. The molecular weight excluding hydrogens is 215 g/mol. The predicted molar refractivity (Wildman–Crippen MR) is 72.0 cm³/mol. The van der Waals surface area contributed by atoms with Crippen LogP contribution in [-0.4, -0.2) is 26.2 Å². The number of halogens is 1. The molecule has 17 heavy (non-hydrogen) atoms. The third-order valence-corrected chi connectivity index (χ3v) is 2.59. The molecule has 0 saturated heterocycles. The van der Waals surface area contributed by atoms with E-state index < -0.39 is 0 Å². The van der Waals surface area contributed by atoms with Crippen LogP contribution in [0.3, 0.4) is 0 Å². The van der Waals surface area contributed by atoms with E-state index in [0.29, 0.717) is 0 Å². The van der Waals surface area contributed by atoms with Crippen LogP contribution in [0.4, 0.5) is 10.1 Å². The van der Waals surface area contributed by atoms with E-state index in [1.54, 1.807) is 12.1 Å². The largest absolute Gasteiger partial charge is 0.368 e. The zero-order valence-corrected chi connectivity index (χ0v) is 10.7. The number of anilines is 1. The van der Waals surface area contributed by atoms with Crippen molar-refractivity contribution in [2.24, 2.45) is 0 Å². The molecular formula is C14H21FN2. The van der Waals surface area contributed by atoms with Gasteiger partial charge in [-0.1, -0.05) is 19.6 Å². The Labute approximate surface area is 103 Å². The van der Waals surface area contributed by atoms with Gasteiger partial charge in [0.15, 0.2) is 0 Å². The summed E-state index contributed by atoms with van der Waals surface area (Å²) in [6.45, 7) is 11.5. The van der Waals surface area contributed by atoms with Crippen LogP contribution in [0.15, 0.2) is 36.4 Å². The van der Waals surface area contributed by atoms with Crippen molar-refractivity contribution in [1.82, 2.24) is 5.32 Å². The van der Waals surface area contributed by atoms with Crippen molar-refractivity contribution in [3.05, 3.63) is 42.2 Å². The molecule has 0 saturated carbocycles. The summed E-state index contributed by atoms with van der Waals surface area (Å²) < 4.78 is 13.1. The molecule has 0 bridgehead atoms. The molecule has 1 rings (SSSR count). The normalized spacial score (nSPS) is 10.3. The van der Waals surface area contributed by atoms with E-state index in [2.05, 4.69) is 30.6 Å². The van der Waals surface area contributed by atoms with Gasteiger partial charge in [-0.15, -0.1) is 0 Å². The highest BCUT2D eigenvalue weighted by molar-refractivity contribution is 5.47. The average molecular weight is 236 g/mol. The van der Waals surface area contributed by atoms with Gasteiger partial charge in [0.05, 0.1) is 0 Å². The highest BCUT2D eigenvalue weighted by atomic mass is 19.1. The molecule has 1 aromatic rings. The van der Waals surface area contributed by atoms with Crippen LogP contribution in [-0.2, 0) is 0 Å². The SMILES string of the molecule is C=C(CNCC)CN(CC)c1cccc(F)c1. The maximum atomic E-state index is 13.1. The first-order chi connectivity index (χ1) is 8.17. The summed E-state index contributed by atoms with van der Waals surface area (Å²) in [5, 5.41) is 3.24. The quantitative estimate of drug-likeness (QED) is 0.732. The molecule has 1 N–H and O–H groups in total. The summed E-state index contributed by atoms with van der Waals surface area (Å²) in [5.41, 5.74) is 2.02. The molecule has 94 valence electrons. The Kier molecular flexibility index (Phi) is 5.70. The predicted octanol–water partition coefficient (Wildman–Crippen LogP) is 2.82. The number of hydrogen-bond donors (Lipinski definition) is 1. The van der Waals surface area contributed by atoms with Crippen molar-refractivity contribution >= 4 is 5.69 Å². The molecule has 3 heteroatoms. The lowest BCUT2D eigenvalue weighted by Gasteiger charge is -2.24. The lowest BCUT2D eigenvalue weighted by molar-refractivity contribution is 0.626. The van der Waals surface area contributed by atoms with Crippen LogP contribution < -0.4 is 10.2 Å². The van der Waals surface area contributed by atoms with Gasteiger partial charge >= 0.3 is 0 Å². The van der Waals surface area contributed by atoms with E-state index in [1.165, 1.54) is 6.07 Å². The molecule has 0 aliphatic rings. The van der Waals surface area contributed by atoms with Crippen molar-refractivity contribution in [3.8, 4) is 0 Å². The summed E-state index contributed by atoms with van der Waals surface area (Å²) in [6, 6.07) is 6.68. The second kappa shape index (κ2) is 7.07. The molecule has 0 atom stereocenters. The Hall–Kier alpha value is -1.35. The lowest BCUT2D eigenvalue weighted by atomic mass is 10.2. The summed E-state index contributed by atoms with van der Waals surface area (Å²) in [5.74, 6) is -0.196. The molecule has 2 nitrogen and oxygen atoms in total. The van der Waals surface area contributed by atoms with Crippen molar-refractivity contribution in [2.45, 2.75) is 13.8 Å². The highest BCUT2D eigenvalue weighted by Crippen LogP contribution is 2.16. The van der Waals surface area contributed by atoms with Gasteiger partial charge in [-0.2, -0.15) is 0 Å². The Morgan fingerprint density at radius 1 is 1.41 bits per heavy atom. The lowest BCUT2D eigenvalue weighted by Crippen LogP contribution is -2.29. The van der Waals surface area contributed by atoms with Crippen molar-refractivity contribution < 1.29 is 4.39 Å². The fourth-order valence-electron chi connectivity index (χ4n) is 1.69. The zero-order valence-electron chi connectivity index (χ0n) is 10.7. The first-order valence-electron chi connectivity index (χ1n) is 6.05. The van der Waals surface area contributed by atoms with Gasteiger partial charge in [0.2, 0.25) is 0 Å². The van der Waals surface area contributed by atoms with Crippen LogP contribution in [0.25, 0.3) is 0 Å². The molecule has 0 aliphatic carbocycles. The summed E-state index contributed by atoms with van der Waals surface area (Å²) in [4.78, 5) is 2.11. The highest BCUT2D eigenvalue weighted by Gasteiger charge is 2.06. The monoisotopic (exact) mass is 236 g/mol. The van der Waals surface area contributed by atoms with Crippen LogP contribution in [0, 0.1) is 5.82 Å². The standard InChI is InChI=1S/C14H21FN2/c1-4-16-10-12(3)11-17(5-2)14-8-6-7-13(15)9-14/h6-9,16H,3-5,10-11H2,1-2H3. The second-order valence-corrected chi connectivity index (χ2v) is 4.02. The first kappa shape index (κ1) is 13.7. The maximum Gasteiger partial charge on any atom is 0.125 e. The molecule has 0 amide bonds. The van der Waals surface area contributed by atoms with E-state index >= 15 is 0 Å². The Morgan fingerprint density at radius 2 is 2.18 bits per heavy atom. The van der Waals surface area contributed by atoms with E-state index in [4.69, 9.17) is 0 Å². The fourth-order valence-corrected chi connectivity index (χ4v) is 1.69. The number of benzene rings is 1. The topological polar surface area (TPSA) is 15.3 Å². The van der Waals surface area contributed by atoms with Crippen molar-refractivity contribution in [1.29, 1.82) is 0 Å². The molecule has 0 aliphatic heterocycles. The third-order valence-electron chi connectivity index (χ3n) is 2.59. The second-order valence-electron chi connectivity index (χ2n) is 4.02. The Balaban J connectivity index is 2.62. The van der Waals surface area contributed by atoms with Crippen molar-refractivity contribution in [2.75, 3.05) is 31.1 Å². The molecule has 1 aromatic carbocycles. The van der Waals surface area contributed by atoms with E-state index in [0.717, 1.165) is 37.4 Å². The van der Waals surface area contributed by atoms with Gasteiger partial charge in [-0.25, -0.2) is 4.39 Å². The Bertz CT molecular complexity index is 363. The number of nitrogens with zero attached hydrogens (tertiary/aromatic N) is 1. The average Bonchev–Trinajstić information content (AvgIpc) is 2.33. The number of nitrogens with one attached hydrogen (secondary N) is 1. The summed E-state index contributed by atoms with van der Waals surface area (Å²) in [6.07, 6.45) is 0. The molecule has 0 unspecified atom stereocenters. The van der Waals surface area contributed by atoms with Gasteiger partial charge in [0.1, 0.15) is 5.82 Å². The van der Waals surface area contributed by atoms with Crippen LogP contribution >= 0.6 is 0 Å². The van der Waals surface area contributed by atoms with Crippen molar-refractivity contribution in [3.63, 3.8) is 0 Å². The minimum absolute atomic E-state index is 0.196. The van der Waals surface area contributed by atoms with E-state index in [9.17, 15) is 4.39 Å². The van der Waals surface area contributed by atoms with Gasteiger partial charge in [-0.05, 0) is 37.2 Å². The molecule has 0 fully saturated rings. The number of likely N-dealkylation sites (N-methyl/N-ethyl adjacent to an activating group) is 2. The van der Waals surface area contributed by atoms with Gasteiger partial charge in [0.25, 0.3) is 0 Å². The molecule has 0 heterocycles. The zero-order chi connectivity index (χ0) is 12.7. The van der Waals surface area contributed by atoms with E-state index in [-0.39, 0.29) is 5.82 Å². The molecule has 0 spiro atoms.